The summed E-state index contributed by atoms with van der Waals surface area (Å²) in [7, 11) is -3.66. The van der Waals surface area contributed by atoms with Crippen LogP contribution in [0.5, 0.6) is 0 Å². The van der Waals surface area contributed by atoms with Gasteiger partial charge in [-0.2, -0.15) is 8.42 Å². The molecule has 1 atom stereocenters. The molecule has 0 bridgehead atoms. The number of nitrogens with zero attached hydrogens (tertiary/aromatic N) is 1. The Morgan fingerprint density at radius 3 is 3.00 bits per heavy atom. The molecule has 0 aliphatic carbocycles. The number of H-pyrrole nitrogens is 1. The van der Waals surface area contributed by atoms with Gasteiger partial charge in [-0.25, -0.2) is 9.86 Å². The van der Waals surface area contributed by atoms with Gasteiger partial charge in [0, 0.05) is 25.8 Å². The molecule has 1 saturated heterocycles. The van der Waals surface area contributed by atoms with Gasteiger partial charge in [-0.3, -0.25) is 4.79 Å². The number of piperidine rings is 1. The van der Waals surface area contributed by atoms with Gasteiger partial charge in [-0.05, 0) is 30.9 Å². The molecule has 8 heteroatoms. The molecule has 0 spiro atoms. The van der Waals surface area contributed by atoms with Crippen LogP contribution in [0.3, 0.4) is 0 Å². The molecule has 0 aromatic carbocycles. The fraction of sp³-hybridized carbons (Fsp3) is 0.545. The van der Waals surface area contributed by atoms with Crippen LogP contribution in [0.1, 0.15) is 23.3 Å². The highest BCUT2D eigenvalue weighted by atomic mass is 32.2. The van der Waals surface area contributed by atoms with Crippen LogP contribution < -0.4 is 9.86 Å². The molecule has 7 nitrogen and oxygen atoms in total. The molecule has 1 aromatic rings. The Balaban J connectivity index is 1.92. The lowest BCUT2D eigenvalue weighted by molar-refractivity contribution is 0.0671. The fourth-order valence-electron chi connectivity index (χ4n) is 2.28. The first kappa shape index (κ1) is 14.0. The topological polar surface area (TPSA) is 108 Å². The lowest BCUT2D eigenvalue weighted by Gasteiger charge is -2.32. The molecule has 1 aliphatic rings. The van der Waals surface area contributed by atoms with Gasteiger partial charge in [0.1, 0.15) is 5.69 Å². The van der Waals surface area contributed by atoms with Gasteiger partial charge >= 0.3 is 0 Å². The molecular weight excluding hydrogens is 268 g/mol. The summed E-state index contributed by atoms with van der Waals surface area (Å²) in [6, 6.07) is 3.51. The number of hydrogen-bond acceptors (Lipinski definition) is 3. The summed E-state index contributed by atoms with van der Waals surface area (Å²) < 4.78 is 24.0. The minimum Gasteiger partial charge on any atom is -0.357 e. The van der Waals surface area contributed by atoms with Crippen molar-refractivity contribution in [1.29, 1.82) is 0 Å². The van der Waals surface area contributed by atoms with Crippen LogP contribution in [0, 0.1) is 5.92 Å². The number of rotatable bonds is 4. The summed E-state index contributed by atoms with van der Waals surface area (Å²) in [5, 5.41) is 4.90. The van der Waals surface area contributed by atoms with Gasteiger partial charge in [-0.1, -0.05) is 0 Å². The summed E-state index contributed by atoms with van der Waals surface area (Å²) in [5.41, 5.74) is 0.556. The third-order valence-electron chi connectivity index (χ3n) is 3.21. The molecule has 0 radical (unpaired) electrons. The first-order chi connectivity index (χ1) is 8.96. The van der Waals surface area contributed by atoms with Gasteiger partial charge in [0.2, 0.25) is 0 Å². The molecule has 1 fully saturated rings. The maximum absolute atomic E-state index is 12.1. The zero-order chi connectivity index (χ0) is 13.9. The molecule has 4 N–H and O–H groups in total. The van der Waals surface area contributed by atoms with Crippen LogP contribution in [0.4, 0.5) is 0 Å². The van der Waals surface area contributed by atoms with Crippen molar-refractivity contribution in [3.05, 3.63) is 24.0 Å². The number of aromatic nitrogens is 1. The zero-order valence-corrected chi connectivity index (χ0v) is 11.3. The molecule has 2 rings (SSSR count). The highest BCUT2D eigenvalue weighted by Gasteiger charge is 2.25. The van der Waals surface area contributed by atoms with E-state index in [2.05, 4.69) is 9.71 Å². The SMILES string of the molecule is NS(=O)(=O)NCC1CCCN(C(=O)c2ccc[nH]2)C1. The van der Waals surface area contributed by atoms with E-state index in [1.54, 1.807) is 23.2 Å². The number of aromatic amines is 1. The number of carbonyl (C=O) groups excluding carboxylic acids is 1. The molecular formula is C11H18N4O3S. The van der Waals surface area contributed by atoms with E-state index in [1.807, 2.05) is 0 Å². The number of amides is 1. The second kappa shape index (κ2) is 5.72. The Morgan fingerprint density at radius 1 is 1.58 bits per heavy atom. The second-order valence-corrected chi connectivity index (χ2v) is 6.12. The van der Waals surface area contributed by atoms with E-state index < -0.39 is 10.2 Å². The van der Waals surface area contributed by atoms with Crippen LogP contribution in [-0.2, 0) is 10.2 Å². The van der Waals surface area contributed by atoms with Gasteiger partial charge in [0.05, 0.1) is 0 Å². The largest absolute Gasteiger partial charge is 0.357 e. The Hall–Kier alpha value is -1.38. The maximum atomic E-state index is 12.1. The lowest BCUT2D eigenvalue weighted by Crippen LogP contribution is -2.44. The monoisotopic (exact) mass is 286 g/mol. The molecule has 19 heavy (non-hydrogen) atoms. The van der Waals surface area contributed by atoms with E-state index in [0.717, 1.165) is 12.8 Å². The van der Waals surface area contributed by atoms with Crippen LogP contribution in [0.15, 0.2) is 18.3 Å². The third kappa shape index (κ3) is 4.05. The lowest BCUT2D eigenvalue weighted by atomic mass is 9.98. The molecule has 0 saturated carbocycles. The van der Waals surface area contributed by atoms with Crippen molar-refractivity contribution in [1.82, 2.24) is 14.6 Å². The summed E-state index contributed by atoms with van der Waals surface area (Å²) in [4.78, 5) is 16.8. The highest BCUT2D eigenvalue weighted by molar-refractivity contribution is 7.87. The maximum Gasteiger partial charge on any atom is 0.274 e. The van der Waals surface area contributed by atoms with Crippen molar-refractivity contribution < 1.29 is 13.2 Å². The van der Waals surface area contributed by atoms with Crippen molar-refractivity contribution in [2.75, 3.05) is 19.6 Å². The molecule has 1 unspecified atom stereocenters. The standard InChI is InChI=1S/C11H18N4O3S/c12-19(17,18)14-7-9-3-2-6-15(8-9)11(16)10-4-1-5-13-10/h1,4-5,9,13-14H,2-3,6-8H2,(H2,12,17,18). The van der Waals surface area contributed by atoms with Crippen molar-refractivity contribution in [2.45, 2.75) is 12.8 Å². The third-order valence-corrected chi connectivity index (χ3v) is 3.78. The molecule has 1 aliphatic heterocycles. The van der Waals surface area contributed by atoms with E-state index in [9.17, 15) is 13.2 Å². The van der Waals surface area contributed by atoms with Gasteiger partial charge in [0.15, 0.2) is 0 Å². The first-order valence-electron chi connectivity index (χ1n) is 6.16. The van der Waals surface area contributed by atoms with Crippen molar-refractivity contribution in [2.24, 2.45) is 11.1 Å². The molecule has 2 heterocycles. The smallest absolute Gasteiger partial charge is 0.274 e. The number of likely N-dealkylation sites (tertiary alicyclic amines) is 1. The Labute approximate surface area is 112 Å². The summed E-state index contributed by atoms with van der Waals surface area (Å²) in [6.07, 6.45) is 3.46. The Bertz CT molecular complexity index is 526. The molecule has 1 amide bonds. The molecule has 1 aromatic heterocycles. The van der Waals surface area contributed by atoms with E-state index in [0.29, 0.717) is 18.8 Å². The average Bonchev–Trinajstić information content (AvgIpc) is 2.89. The van der Waals surface area contributed by atoms with Crippen LogP contribution in [-0.4, -0.2) is 43.8 Å². The Kier molecular flexibility index (Phi) is 4.23. The Morgan fingerprint density at radius 2 is 2.37 bits per heavy atom. The summed E-state index contributed by atoms with van der Waals surface area (Å²) in [5.74, 6) is 0.0521. The van der Waals surface area contributed by atoms with E-state index in [4.69, 9.17) is 5.14 Å². The van der Waals surface area contributed by atoms with Gasteiger partial charge in [0.25, 0.3) is 16.1 Å². The average molecular weight is 286 g/mol. The molecule has 106 valence electrons. The highest BCUT2D eigenvalue weighted by Crippen LogP contribution is 2.17. The van der Waals surface area contributed by atoms with E-state index >= 15 is 0 Å². The fourth-order valence-corrected chi connectivity index (χ4v) is 2.75. The van der Waals surface area contributed by atoms with E-state index in [1.165, 1.54) is 0 Å². The quantitative estimate of drug-likeness (QED) is 0.704. The van der Waals surface area contributed by atoms with Crippen LogP contribution in [0.2, 0.25) is 0 Å². The summed E-state index contributed by atoms with van der Waals surface area (Å²) in [6.45, 7) is 1.51. The number of nitrogens with two attached hydrogens (primary N) is 1. The predicted molar refractivity (Wildman–Crippen MR) is 70.5 cm³/mol. The van der Waals surface area contributed by atoms with E-state index in [-0.39, 0.29) is 18.4 Å². The minimum atomic E-state index is -3.66. The second-order valence-electron chi connectivity index (χ2n) is 4.74. The van der Waals surface area contributed by atoms with Crippen LogP contribution >= 0.6 is 0 Å². The number of carbonyl (C=O) groups is 1. The first-order valence-corrected chi connectivity index (χ1v) is 7.70. The van der Waals surface area contributed by atoms with Crippen molar-refractivity contribution in [3.63, 3.8) is 0 Å². The minimum absolute atomic E-state index is 0.0506. The van der Waals surface area contributed by atoms with Gasteiger partial charge < -0.3 is 9.88 Å². The number of hydrogen-bond donors (Lipinski definition) is 3. The predicted octanol–water partition coefficient (Wildman–Crippen LogP) is -0.340. The normalized spacial score (nSPS) is 20.5. The van der Waals surface area contributed by atoms with Crippen LogP contribution in [0.25, 0.3) is 0 Å². The van der Waals surface area contributed by atoms with Gasteiger partial charge in [-0.15, -0.1) is 0 Å². The van der Waals surface area contributed by atoms with Crippen molar-refractivity contribution in [3.8, 4) is 0 Å². The van der Waals surface area contributed by atoms with Crippen molar-refractivity contribution >= 4 is 16.1 Å². The zero-order valence-electron chi connectivity index (χ0n) is 10.5. The number of nitrogens with one attached hydrogen (secondary N) is 2. The summed E-state index contributed by atoms with van der Waals surface area (Å²) >= 11 is 0.